The van der Waals surface area contributed by atoms with Crippen LogP contribution in [0.4, 0.5) is 5.69 Å². The normalized spacial score (nSPS) is 11.4. The number of nitro groups is 1. The van der Waals surface area contributed by atoms with Gasteiger partial charge in [-0.1, -0.05) is 39.0 Å². The Morgan fingerprint density at radius 2 is 2.03 bits per heavy atom. The summed E-state index contributed by atoms with van der Waals surface area (Å²) in [5.74, 6) is 0.486. The Bertz CT molecular complexity index is 907. The first-order valence-corrected chi connectivity index (χ1v) is 9.95. The number of amides is 1. The lowest BCUT2D eigenvalue weighted by atomic mass is 9.87. The van der Waals surface area contributed by atoms with Crippen LogP contribution >= 0.6 is 15.9 Å². The quantitative estimate of drug-likeness (QED) is 0.260. The number of nitro benzene ring substituents is 1. The first-order valence-electron chi connectivity index (χ1n) is 9.16. The summed E-state index contributed by atoms with van der Waals surface area (Å²) in [5.41, 5.74) is 4.18. The van der Waals surface area contributed by atoms with Crippen molar-refractivity contribution >= 4 is 33.7 Å². The van der Waals surface area contributed by atoms with Crippen LogP contribution in [-0.2, 0) is 10.2 Å². The minimum Gasteiger partial charge on any atom is -0.492 e. The van der Waals surface area contributed by atoms with Crippen LogP contribution in [0.15, 0.2) is 52.0 Å². The van der Waals surface area contributed by atoms with E-state index < -0.39 is 4.92 Å². The number of hydrogen-bond acceptors (Lipinski definition) is 5. The average Bonchev–Trinajstić information content (AvgIpc) is 2.65. The number of nitrogens with zero attached hydrogens (tertiary/aromatic N) is 2. The highest BCUT2D eigenvalue weighted by Gasteiger charge is 2.15. The van der Waals surface area contributed by atoms with Crippen molar-refractivity contribution in [2.75, 3.05) is 6.61 Å². The number of hydrogen-bond donors (Lipinski definition) is 1. The van der Waals surface area contributed by atoms with Crippen molar-refractivity contribution in [1.82, 2.24) is 5.43 Å². The monoisotopic (exact) mass is 461 g/mol. The molecule has 2 rings (SSSR count). The summed E-state index contributed by atoms with van der Waals surface area (Å²) >= 11 is 3.53. The van der Waals surface area contributed by atoms with Gasteiger partial charge in [0.05, 0.1) is 22.2 Å². The van der Waals surface area contributed by atoms with Crippen molar-refractivity contribution in [2.24, 2.45) is 5.10 Å². The van der Waals surface area contributed by atoms with E-state index >= 15 is 0 Å². The Morgan fingerprint density at radius 3 is 2.69 bits per heavy atom. The van der Waals surface area contributed by atoms with Crippen molar-refractivity contribution in [2.45, 2.75) is 39.0 Å². The van der Waals surface area contributed by atoms with E-state index in [1.165, 1.54) is 23.9 Å². The molecule has 0 aliphatic heterocycles. The van der Waals surface area contributed by atoms with Crippen LogP contribution in [0.5, 0.6) is 5.75 Å². The van der Waals surface area contributed by atoms with Crippen LogP contribution in [-0.4, -0.2) is 23.7 Å². The van der Waals surface area contributed by atoms with Crippen LogP contribution in [0.2, 0.25) is 0 Å². The zero-order chi connectivity index (χ0) is 21.4. The lowest BCUT2D eigenvalue weighted by molar-refractivity contribution is -0.384. The summed E-state index contributed by atoms with van der Waals surface area (Å²) < 4.78 is 6.62. The van der Waals surface area contributed by atoms with Gasteiger partial charge in [-0.15, -0.1) is 0 Å². The fraction of sp³-hybridized carbons (Fsp3) is 0.333. The SMILES string of the molecule is CC(C)(C)c1ccc(OCCCC(=O)N/N=C/c2cccc([N+](=O)[O-])c2)c(Br)c1. The molecular formula is C21H24BrN3O4. The van der Waals surface area contributed by atoms with Gasteiger partial charge in [0.1, 0.15) is 5.75 Å². The predicted molar refractivity (Wildman–Crippen MR) is 116 cm³/mol. The maximum Gasteiger partial charge on any atom is 0.270 e. The van der Waals surface area contributed by atoms with Crippen LogP contribution in [0, 0.1) is 10.1 Å². The fourth-order valence-corrected chi connectivity index (χ4v) is 2.95. The lowest BCUT2D eigenvalue weighted by Crippen LogP contribution is -2.18. The third-order valence-corrected chi connectivity index (χ3v) is 4.71. The maximum absolute atomic E-state index is 11.8. The van der Waals surface area contributed by atoms with Gasteiger partial charge in [0.25, 0.3) is 5.69 Å². The third-order valence-electron chi connectivity index (χ3n) is 4.09. The van der Waals surface area contributed by atoms with Crippen molar-refractivity contribution in [3.05, 3.63) is 68.2 Å². The van der Waals surface area contributed by atoms with Crippen LogP contribution in [0.3, 0.4) is 0 Å². The molecule has 0 aromatic heterocycles. The Hall–Kier alpha value is -2.74. The topological polar surface area (TPSA) is 93.8 Å². The molecule has 0 spiro atoms. The van der Waals surface area contributed by atoms with Gasteiger partial charge < -0.3 is 4.74 Å². The van der Waals surface area contributed by atoms with Crippen LogP contribution < -0.4 is 10.2 Å². The smallest absolute Gasteiger partial charge is 0.270 e. The molecule has 0 saturated heterocycles. The van der Waals surface area contributed by atoms with Gasteiger partial charge in [0.2, 0.25) is 5.91 Å². The van der Waals surface area contributed by atoms with Gasteiger partial charge in [-0.25, -0.2) is 5.43 Å². The largest absolute Gasteiger partial charge is 0.492 e. The highest BCUT2D eigenvalue weighted by atomic mass is 79.9. The summed E-state index contributed by atoms with van der Waals surface area (Å²) in [7, 11) is 0. The molecule has 0 radical (unpaired) electrons. The van der Waals surface area contributed by atoms with E-state index in [0.717, 1.165) is 10.2 Å². The average molecular weight is 462 g/mol. The molecule has 8 heteroatoms. The first-order chi connectivity index (χ1) is 13.7. The molecule has 0 aliphatic rings. The van der Waals surface area contributed by atoms with Crippen molar-refractivity contribution in [3.8, 4) is 5.75 Å². The molecule has 1 N–H and O–H groups in total. The number of carbonyl (C=O) groups is 1. The van der Waals surface area contributed by atoms with E-state index in [2.05, 4.69) is 47.2 Å². The minimum atomic E-state index is -0.481. The van der Waals surface area contributed by atoms with Gasteiger partial charge in [-0.05, 0) is 45.5 Å². The molecule has 0 bridgehead atoms. The van der Waals surface area contributed by atoms with E-state index in [4.69, 9.17) is 4.74 Å². The highest BCUT2D eigenvalue weighted by Crippen LogP contribution is 2.31. The molecule has 29 heavy (non-hydrogen) atoms. The van der Waals surface area contributed by atoms with Gasteiger partial charge in [0.15, 0.2) is 0 Å². The summed E-state index contributed by atoms with van der Waals surface area (Å²) in [6.45, 7) is 6.84. The molecule has 2 aromatic rings. The maximum atomic E-state index is 11.8. The zero-order valence-corrected chi connectivity index (χ0v) is 18.2. The second kappa shape index (κ2) is 10.2. The number of non-ortho nitro benzene ring substituents is 1. The molecule has 154 valence electrons. The Labute approximate surface area is 178 Å². The Kier molecular flexibility index (Phi) is 7.90. The van der Waals surface area contributed by atoms with Crippen molar-refractivity contribution in [1.29, 1.82) is 0 Å². The molecule has 7 nitrogen and oxygen atoms in total. The first kappa shape index (κ1) is 22.5. The number of hydrazone groups is 1. The second-order valence-electron chi connectivity index (χ2n) is 7.49. The molecule has 0 saturated carbocycles. The number of benzene rings is 2. The van der Waals surface area contributed by atoms with Crippen LogP contribution in [0.1, 0.15) is 44.7 Å². The molecule has 0 aliphatic carbocycles. The number of carbonyl (C=O) groups excluding carboxylic acids is 1. The Balaban J connectivity index is 1.75. The van der Waals surface area contributed by atoms with E-state index in [1.54, 1.807) is 12.1 Å². The highest BCUT2D eigenvalue weighted by molar-refractivity contribution is 9.10. The van der Waals surface area contributed by atoms with Gasteiger partial charge in [-0.3, -0.25) is 14.9 Å². The van der Waals surface area contributed by atoms with Gasteiger partial charge in [-0.2, -0.15) is 5.10 Å². The summed E-state index contributed by atoms with van der Waals surface area (Å²) in [4.78, 5) is 22.1. The standard InChI is InChI=1S/C21H24BrN3O4/c1-21(2,3)16-9-10-19(18(22)13-16)29-11-5-8-20(26)24-23-14-15-6-4-7-17(12-15)25(27)28/h4,6-7,9-10,12-14H,5,8,11H2,1-3H3,(H,24,26)/b23-14+. The van der Waals surface area contributed by atoms with Crippen LogP contribution in [0.25, 0.3) is 0 Å². The second-order valence-corrected chi connectivity index (χ2v) is 8.35. The zero-order valence-electron chi connectivity index (χ0n) is 16.6. The molecule has 1 amide bonds. The van der Waals surface area contributed by atoms with E-state index in [-0.39, 0.29) is 23.4 Å². The number of halogens is 1. The van der Waals surface area contributed by atoms with Crippen molar-refractivity contribution < 1.29 is 14.5 Å². The number of nitrogens with one attached hydrogen (secondary N) is 1. The number of rotatable bonds is 8. The van der Waals surface area contributed by atoms with E-state index in [1.807, 2.05) is 18.2 Å². The Morgan fingerprint density at radius 1 is 1.28 bits per heavy atom. The fourth-order valence-electron chi connectivity index (χ4n) is 2.45. The lowest BCUT2D eigenvalue weighted by Gasteiger charge is -2.20. The molecule has 2 aromatic carbocycles. The molecular weight excluding hydrogens is 438 g/mol. The third kappa shape index (κ3) is 7.30. The van der Waals surface area contributed by atoms with Gasteiger partial charge in [0, 0.05) is 24.1 Å². The molecule has 0 atom stereocenters. The van der Waals surface area contributed by atoms with E-state index in [0.29, 0.717) is 18.6 Å². The van der Waals surface area contributed by atoms with Gasteiger partial charge >= 0.3 is 0 Å². The summed E-state index contributed by atoms with van der Waals surface area (Å²) in [6, 6.07) is 12.0. The molecule has 0 heterocycles. The van der Waals surface area contributed by atoms with Crippen molar-refractivity contribution in [3.63, 3.8) is 0 Å². The van der Waals surface area contributed by atoms with E-state index in [9.17, 15) is 14.9 Å². The minimum absolute atomic E-state index is 0.0286. The molecule has 0 unspecified atom stereocenters. The number of ether oxygens (including phenoxy) is 1. The molecule has 0 fully saturated rings. The summed E-state index contributed by atoms with van der Waals surface area (Å²) in [6.07, 6.45) is 2.16. The summed E-state index contributed by atoms with van der Waals surface area (Å²) in [5, 5.41) is 14.6. The predicted octanol–water partition coefficient (Wildman–Crippen LogP) is 4.96.